The third kappa shape index (κ3) is 5.64. The van der Waals surface area contributed by atoms with Crippen molar-refractivity contribution in [3.8, 4) is 0 Å². The summed E-state index contributed by atoms with van der Waals surface area (Å²) in [6.07, 6.45) is 2.46. The summed E-state index contributed by atoms with van der Waals surface area (Å²) in [4.78, 5) is 2.36. The fraction of sp³-hybridized carbons (Fsp3) is 0.900. The van der Waals surface area contributed by atoms with Crippen LogP contribution in [0, 0.1) is 11.3 Å². The van der Waals surface area contributed by atoms with Crippen molar-refractivity contribution in [3.63, 3.8) is 0 Å². The first-order valence-electron chi connectivity index (χ1n) is 5.18. The van der Waals surface area contributed by atoms with Gasteiger partial charge in [-0.15, -0.1) is 0 Å². The second-order valence-electron chi connectivity index (χ2n) is 3.60. The van der Waals surface area contributed by atoms with Crippen LogP contribution >= 0.6 is 0 Å². The standard InChI is InChI=1S/C10H23N3/c1-4-6-7-13(5-2)8-9(3)10(11)12/h9H,4-8H2,1-3H3,(H3,11,12). The minimum Gasteiger partial charge on any atom is -0.387 e. The molecule has 13 heavy (non-hydrogen) atoms. The lowest BCUT2D eigenvalue weighted by molar-refractivity contribution is 0.267. The van der Waals surface area contributed by atoms with Gasteiger partial charge in [0, 0.05) is 12.5 Å². The molecule has 3 nitrogen and oxygen atoms in total. The first kappa shape index (κ1) is 12.4. The first-order valence-corrected chi connectivity index (χ1v) is 5.18. The molecule has 0 fully saturated rings. The van der Waals surface area contributed by atoms with E-state index in [9.17, 15) is 0 Å². The molecule has 0 aliphatic rings. The van der Waals surface area contributed by atoms with E-state index in [4.69, 9.17) is 11.1 Å². The minimum atomic E-state index is 0.191. The maximum Gasteiger partial charge on any atom is 0.0947 e. The highest BCUT2D eigenvalue weighted by molar-refractivity contribution is 5.79. The zero-order valence-corrected chi connectivity index (χ0v) is 9.14. The van der Waals surface area contributed by atoms with Gasteiger partial charge in [-0.25, -0.2) is 0 Å². The van der Waals surface area contributed by atoms with Crippen LogP contribution in [0.5, 0.6) is 0 Å². The molecule has 0 radical (unpaired) electrons. The van der Waals surface area contributed by atoms with Gasteiger partial charge in [0.15, 0.2) is 0 Å². The molecule has 3 N–H and O–H groups in total. The average molecular weight is 185 g/mol. The monoisotopic (exact) mass is 185 g/mol. The van der Waals surface area contributed by atoms with E-state index >= 15 is 0 Å². The van der Waals surface area contributed by atoms with Crippen LogP contribution < -0.4 is 5.73 Å². The molecule has 0 amide bonds. The third-order valence-electron chi connectivity index (χ3n) is 2.34. The van der Waals surface area contributed by atoms with E-state index in [2.05, 4.69) is 18.7 Å². The first-order chi connectivity index (χ1) is 6.11. The topological polar surface area (TPSA) is 53.1 Å². The van der Waals surface area contributed by atoms with Crippen LogP contribution in [0.25, 0.3) is 0 Å². The Morgan fingerprint density at radius 1 is 1.46 bits per heavy atom. The summed E-state index contributed by atoms with van der Waals surface area (Å²) in [5.74, 6) is 0.492. The van der Waals surface area contributed by atoms with Gasteiger partial charge in [0.25, 0.3) is 0 Å². The molecule has 1 unspecified atom stereocenters. The SMILES string of the molecule is CCCCN(CC)CC(C)C(=N)N. The van der Waals surface area contributed by atoms with Crippen molar-refractivity contribution in [2.75, 3.05) is 19.6 Å². The van der Waals surface area contributed by atoms with Crippen LogP contribution in [0.2, 0.25) is 0 Å². The highest BCUT2D eigenvalue weighted by Gasteiger charge is 2.09. The molecule has 0 spiro atoms. The van der Waals surface area contributed by atoms with Crippen molar-refractivity contribution in [3.05, 3.63) is 0 Å². The number of hydrogen-bond donors (Lipinski definition) is 2. The Labute approximate surface area is 81.8 Å². The van der Waals surface area contributed by atoms with Crippen molar-refractivity contribution >= 4 is 5.84 Å². The quantitative estimate of drug-likeness (QED) is 0.468. The molecule has 3 heteroatoms. The Bertz CT molecular complexity index is 145. The van der Waals surface area contributed by atoms with Crippen molar-refractivity contribution in [1.29, 1.82) is 5.41 Å². The Hall–Kier alpha value is -0.570. The molecular weight excluding hydrogens is 162 g/mol. The van der Waals surface area contributed by atoms with E-state index in [-0.39, 0.29) is 5.92 Å². The normalized spacial score (nSPS) is 13.2. The van der Waals surface area contributed by atoms with E-state index in [1.165, 1.54) is 12.8 Å². The van der Waals surface area contributed by atoms with Crippen molar-refractivity contribution in [1.82, 2.24) is 4.90 Å². The van der Waals surface area contributed by atoms with Gasteiger partial charge >= 0.3 is 0 Å². The number of nitrogens with zero attached hydrogens (tertiary/aromatic N) is 1. The molecule has 0 aliphatic heterocycles. The number of unbranched alkanes of at least 4 members (excludes halogenated alkanes) is 1. The lowest BCUT2D eigenvalue weighted by Gasteiger charge is -2.23. The predicted molar refractivity (Wildman–Crippen MR) is 58.1 cm³/mol. The lowest BCUT2D eigenvalue weighted by Crippen LogP contribution is -2.34. The van der Waals surface area contributed by atoms with Crippen LogP contribution in [0.4, 0.5) is 0 Å². The minimum absolute atomic E-state index is 0.191. The fourth-order valence-corrected chi connectivity index (χ4v) is 1.25. The molecule has 0 aromatic carbocycles. The van der Waals surface area contributed by atoms with Crippen LogP contribution in [0.1, 0.15) is 33.6 Å². The molecule has 0 saturated carbocycles. The molecule has 0 aromatic heterocycles. The van der Waals surface area contributed by atoms with E-state index in [1.54, 1.807) is 0 Å². The zero-order chi connectivity index (χ0) is 10.3. The predicted octanol–water partition coefficient (Wildman–Crippen LogP) is 1.68. The van der Waals surface area contributed by atoms with Gasteiger partial charge < -0.3 is 10.6 Å². The van der Waals surface area contributed by atoms with Crippen molar-refractivity contribution in [2.45, 2.75) is 33.6 Å². The number of rotatable bonds is 7. The molecule has 0 aromatic rings. The van der Waals surface area contributed by atoms with Gasteiger partial charge in [-0.05, 0) is 19.5 Å². The van der Waals surface area contributed by atoms with Gasteiger partial charge in [0.1, 0.15) is 0 Å². The molecule has 0 aliphatic carbocycles. The van der Waals surface area contributed by atoms with Gasteiger partial charge in [-0.3, -0.25) is 5.41 Å². The van der Waals surface area contributed by atoms with Gasteiger partial charge in [0.2, 0.25) is 0 Å². The number of amidine groups is 1. The summed E-state index contributed by atoms with van der Waals surface area (Å²) in [5.41, 5.74) is 5.42. The Kier molecular flexibility index (Phi) is 6.59. The summed E-state index contributed by atoms with van der Waals surface area (Å²) in [7, 11) is 0. The largest absolute Gasteiger partial charge is 0.387 e. The van der Waals surface area contributed by atoms with Crippen LogP contribution in [0.3, 0.4) is 0 Å². The van der Waals surface area contributed by atoms with E-state index < -0.39 is 0 Å². The molecule has 0 heterocycles. The van der Waals surface area contributed by atoms with Gasteiger partial charge in [-0.2, -0.15) is 0 Å². The maximum absolute atomic E-state index is 7.30. The molecule has 0 bridgehead atoms. The van der Waals surface area contributed by atoms with Gasteiger partial charge in [0.05, 0.1) is 5.84 Å². The van der Waals surface area contributed by atoms with Crippen molar-refractivity contribution < 1.29 is 0 Å². The molecule has 0 saturated heterocycles. The van der Waals surface area contributed by atoms with Crippen molar-refractivity contribution in [2.24, 2.45) is 11.7 Å². The number of nitrogens with one attached hydrogen (secondary N) is 1. The second kappa shape index (κ2) is 6.89. The fourth-order valence-electron chi connectivity index (χ4n) is 1.25. The lowest BCUT2D eigenvalue weighted by atomic mass is 10.1. The molecule has 1 atom stereocenters. The molecule has 0 rings (SSSR count). The Balaban J connectivity index is 3.75. The third-order valence-corrected chi connectivity index (χ3v) is 2.34. The van der Waals surface area contributed by atoms with E-state index in [0.717, 1.165) is 19.6 Å². The summed E-state index contributed by atoms with van der Waals surface area (Å²) < 4.78 is 0. The van der Waals surface area contributed by atoms with Crippen LogP contribution in [0.15, 0.2) is 0 Å². The summed E-state index contributed by atoms with van der Waals surface area (Å²) in [6, 6.07) is 0. The molecular formula is C10H23N3. The van der Waals surface area contributed by atoms with E-state index in [1.807, 2.05) is 6.92 Å². The van der Waals surface area contributed by atoms with Gasteiger partial charge in [-0.1, -0.05) is 27.2 Å². The highest BCUT2D eigenvalue weighted by Crippen LogP contribution is 2.01. The Morgan fingerprint density at radius 2 is 2.08 bits per heavy atom. The Morgan fingerprint density at radius 3 is 2.46 bits per heavy atom. The van der Waals surface area contributed by atoms with Crippen LogP contribution in [-0.2, 0) is 0 Å². The smallest absolute Gasteiger partial charge is 0.0947 e. The zero-order valence-electron chi connectivity index (χ0n) is 9.14. The summed E-state index contributed by atoms with van der Waals surface area (Å²) in [6.45, 7) is 9.47. The molecule has 78 valence electrons. The average Bonchev–Trinajstić information content (AvgIpc) is 2.11. The van der Waals surface area contributed by atoms with Crippen LogP contribution in [-0.4, -0.2) is 30.4 Å². The highest BCUT2D eigenvalue weighted by atomic mass is 15.1. The summed E-state index contributed by atoms with van der Waals surface area (Å²) in [5, 5.41) is 7.30. The number of nitrogens with two attached hydrogens (primary N) is 1. The summed E-state index contributed by atoms with van der Waals surface area (Å²) >= 11 is 0. The van der Waals surface area contributed by atoms with E-state index in [0.29, 0.717) is 5.84 Å². The number of hydrogen-bond acceptors (Lipinski definition) is 2. The maximum atomic E-state index is 7.30. The second-order valence-corrected chi connectivity index (χ2v) is 3.60.